The Bertz CT molecular complexity index is 1040. The fourth-order valence-electron chi connectivity index (χ4n) is 3.26. The molecule has 1 N–H and O–H groups in total. The predicted octanol–water partition coefficient (Wildman–Crippen LogP) is 3.87. The molecule has 0 amide bonds. The summed E-state index contributed by atoms with van der Waals surface area (Å²) in [5, 5.41) is 0. The average Bonchev–Trinajstić information content (AvgIpc) is 2.89. The van der Waals surface area contributed by atoms with Crippen LogP contribution in [0.4, 0.5) is 5.69 Å². The number of imidazole rings is 1. The van der Waals surface area contributed by atoms with Crippen molar-refractivity contribution in [3.63, 3.8) is 0 Å². The smallest absolute Gasteiger partial charge is 0.264 e. The summed E-state index contributed by atoms with van der Waals surface area (Å²) in [5.74, 6) is 0.842. The highest BCUT2D eigenvalue weighted by Crippen LogP contribution is 2.37. The van der Waals surface area contributed by atoms with E-state index in [0.29, 0.717) is 23.5 Å². The summed E-state index contributed by atoms with van der Waals surface area (Å²) in [6, 6.07) is 14.5. The fourth-order valence-corrected chi connectivity index (χ4v) is 4.74. The molecule has 4 rings (SSSR count). The van der Waals surface area contributed by atoms with E-state index in [0.717, 1.165) is 28.3 Å². The number of para-hydroxylation sites is 1. The molecule has 0 atom stereocenters. The van der Waals surface area contributed by atoms with Gasteiger partial charge in [-0.3, -0.25) is 4.31 Å². The number of anilines is 1. The first kappa shape index (κ1) is 18.5. The lowest BCUT2D eigenvalue weighted by atomic mass is 10.1. The first-order valence-electron chi connectivity index (χ1n) is 8.21. The second-order valence-electron chi connectivity index (χ2n) is 6.31. The van der Waals surface area contributed by atoms with Gasteiger partial charge in [-0.1, -0.05) is 35.9 Å². The molecule has 0 saturated heterocycles. The maximum Gasteiger partial charge on any atom is 0.264 e. The minimum Gasteiger partial charge on any atom is -0.346 e. The van der Waals surface area contributed by atoms with E-state index in [1.54, 1.807) is 12.1 Å². The van der Waals surface area contributed by atoms with Gasteiger partial charge < -0.3 is 4.98 Å². The molecule has 26 heavy (non-hydrogen) atoms. The van der Waals surface area contributed by atoms with Gasteiger partial charge in [0.2, 0.25) is 0 Å². The molecule has 7 heteroatoms. The number of nitrogens with one attached hydrogen (secondary N) is 1. The number of sulfonamides is 1. The topological polar surface area (TPSA) is 66.1 Å². The van der Waals surface area contributed by atoms with Crippen molar-refractivity contribution in [2.45, 2.75) is 25.2 Å². The van der Waals surface area contributed by atoms with E-state index < -0.39 is 10.0 Å². The maximum atomic E-state index is 13.2. The average molecular weight is 390 g/mol. The van der Waals surface area contributed by atoms with Crippen LogP contribution in [-0.2, 0) is 16.4 Å². The van der Waals surface area contributed by atoms with Crippen molar-refractivity contribution in [2.24, 2.45) is 0 Å². The predicted molar refractivity (Wildman–Crippen MR) is 105 cm³/mol. The number of aromatic nitrogens is 2. The number of benzene rings is 2. The number of hydrogen-bond donors (Lipinski definition) is 1. The van der Waals surface area contributed by atoms with Crippen molar-refractivity contribution in [1.82, 2.24) is 9.97 Å². The van der Waals surface area contributed by atoms with E-state index in [2.05, 4.69) is 9.97 Å². The molecular weight excluding hydrogens is 370 g/mol. The first-order valence-corrected chi connectivity index (χ1v) is 9.65. The van der Waals surface area contributed by atoms with E-state index in [9.17, 15) is 8.42 Å². The van der Waals surface area contributed by atoms with Gasteiger partial charge in [0, 0.05) is 24.2 Å². The second kappa shape index (κ2) is 6.78. The zero-order chi connectivity index (χ0) is 17.6. The van der Waals surface area contributed by atoms with Crippen molar-refractivity contribution in [1.29, 1.82) is 0 Å². The molecule has 0 spiro atoms. The van der Waals surface area contributed by atoms with E-state index in [1.165, 1.54) is 4.31 Å². The Kier molecular flexibility index (Phi) is 4.82. The third-order valence-electron chi connectivity index (χ3n) is 4.50. The minimum absolute atomic E-state index is 0. The first-order chi connectivity index (χ1) is 12.0. The molecule has 1 aromatic heterocycles. The van der Waals surface area contributed by atoms with Crippen molar-refractivity contribution in [3.05, 3.63) is 65.6 Å². The fraction of sp³-hybridized carbons (Fsp3) is 0.211. The van der Waals surface area contributed by atoms with Gasteiger partial charge in [-0.2, -0.15) is 0 Å². The van der Waals surface area contributed by atoms with Crippen molar-refractivity contribution in [2.75, 3.05) is 10.8 Å². The SMILES string of the molecule is Cc1ccc(S(=O)(=O)N2CCc3[nH]c(C)nc3-c3ccccc32)cc1.Cl. The third kappa shape index (κ3) is 2.99. The molecule has 0 radical (unpaired) electrons. The molecule has 1 aliphatic rings. The van der Waals surface area contributed by atoms with Gasteiger partial charge in [0.1, 0.15) is 5.82 Å². The molecule has 2 heterocycles. The molecule has 0 fully saturated rings. The van der Waals surface area contributed by atoms with Crippen LogP contribution in [-0.4, -0.2) is 24.9 Å². The number of hydrogen-bond acceptors (Lipinski definition) is 3. The highest BCUT2D eigenvalue weighted by atomic mass is 35.5. The summed E-state index contributed by atoms with van der Waals surface area (Å²) >= 11 is 0. The molecule has 136 valence electrons. The standard InChI is InChI=1S/C19H19N3O2S.ClH/c1-13-7-9-15(10-8-13)25(23,24)22-12-11-17-19(21-14(2)20-17)16-5-3-4-6-18(16)22;/h3-10H,11-12H2,1-2H3,(H,20,21);1H. The molecule has 5 nitrogen and oxygen atoms in total. The van der Waals surface area contributed by atoms with Crippen molar-refractivity contribution in [3.8, 4) is 11.3 Å². The van der Waals surface area contributed by atoms with Gasteiger partial charge >= 0.3 is 0 Å². The minimum atomic E-state index is -3.63. The zero-order valence-electron chi connectivity index (χ0n) is 14.6. The Morgan fingerprint density at radius 3 is 2.46 bits per heavy atom. The van der Waals surface area contributed by atoms with Crippen LogP contribution in [0.2, 0.25) is 0 Å². The molecule has 0 saturated carbocycles. The van der Waals surface area contributed by atoms with Gasteiger partial charge in [-0.25, -0.2) is 13.4 Å². The molecule has 0 unspecified atom stereocenters. The van der Waals surface area contributed by atoms with Crippen LogP contribution >= 0.6 is 12.4 Å². The largest absolute Gasteiger partial charge is 0.346 e. The van der Waals surface area contributed by atoms with Crippen molar-refractivity contribution < 1.29 is 8.42 Å². The van der Waals surface area contributed by atoms with Gasteiger partial charge in [-0.15, -0.1) is 12.4 Å². The molecule has 2 aromatic carbocycles. The van der Waals surface area contributed by atoms with Crippen molar-refractivity contribution >= 4 is 28.1 Å². The Hall–Kier alpha value is -2.31. The Morgan fingerprint density at radius 2 is 1.73 bits per heavy atom. The van der Waals surface area contributed by atoms with Crippen LogP contribution < -0.4 is 4.31 Å². The monoisotopic (exact) mass is 389 g/mol. The zero-order valence-corrected chi connectivity index (χ0v) is 16.2. The van der Waals surface area contributed by atoms with Crippen LogP contribution in [0.1, 0.15) is 17.1 Å². The van der Waals surface area contributed by atoms with Crippen LogP contribution in [0.25, 0.3) is 11.3 Å². The highest BCUT2D eigenvalue weighted by Gasteiger charge is 2.30. The van der Waals surface area contributed by atoms with Gasteiger partial charge in [0.15, 0.2) is 0 Å². The number of halogens is 1. The number of aromatic amines is 1. The highest BCUT2D eigenvalue weighted by molar-refractivity contribution is 7.92. The van der Waals surface area contributed by atoms with Crippen LogP contribution in [0.5, 0.6) is 0 Å². The summed E-state index contributed by atoms with van der Waals surface area (Å²) in [7, 11) is -3.63. The summed E-state index contributed by atoms with van der Waals surface area (Å²) in [6.45, 7) is 4.23. The van der Waals surface area contributed by atoms with Gasteiger partial charge in [0.25, 0.3) is 10.0 Å². The summed E-state index contributed by atoms with van der Waals surface area (Å²) < 4.78 is 28.0. The maximum absolute atomic E-state index is 13.2. The van der Waals surface area contributed by atoms with E-state index in [1.807, 2.05) is 50.2 Å². The molecule has 0 aliphatic carbocycles. The summed E-state index contributed by atoms with van der Waals surface area (Å²) in [4.78, 5) is 8.15. The van der Waals surface area contributed by atoms with E-state index in [4.69, 9.17) is 0 Å². The lowest BCUT2D eigenvalue weighted by Gasteiger charge is -2.24. The number of aryl methyl sites for hydroxylation is 2. The third-order valence-corrected chi connectivity index (χ3v) is 6.33. The molecule has 3 aromatic rings. The Balaban J connectivity index is 0.00000196. The van der Waals surface area contributed by atoms with Gasteiger partial charge in [0.05, 0.1) is 16.3 Å². The van der Waals surface area contributed by atoms with E-state index >= 15 is 0 Å². The van der Waals surface area contributed by atoms with Crippen LogP contribution in [0.15, 0.2) is 53.4 Å². The normalized spacial score (nSPS) is 13.4. The lowest BCUT2D eigenvalue weighted by Crippen LogP contribution is -2.32. The van der Waals surface area contributed by atoms with Crippen LogP contribution in [0.3, 0.4) is 0 Å². The lowest BCUT2D eigenvalue weighted by molar-refractivity contribution is 0.590. The number of rotatable bonds is 2. The number of fused-ring (bicyclic) bond motifs is 3. The second-order valence-corrected chi connectivity index (χ2v) is 8.17. The van der Waals surface area contributed by atoms with Crippen LogP contribution in [0, 0.1) is 13.8 Å². The number of nitrogens with zero attached hydrogens (tertiary/aromatic N) is 2. The molecule has 1 aliphatic heterocycles. The quantitative estimate of drug-likeness (QED) is 0.723. The Morgan fingerprint density at radius 1 is 1.04 bits per heavy atom. The molecular formula is C19H20ClN3O2S. The number of H-pyrrole nitrogens is 1. The van der Waals surface area contributed by atoms with E-state index in [-0.39, 0.29) is 12.4 Å². The molecule has 0 bridgehead atoms. The summed E-state index contributed by atoms with van der Waals surface area (Å²) in [5.41, 5.74) is 4.37. The Labute approximate surface area is 159 Å². The summed E-state index contributed by atoms with van der Waals surface area (Å²) in [6.07, 6.45) is 0.593. The van der Waals surface area contributed by atoms with Gasteiger partial charge in [-0.05, 0) is 32.0 Å².